The monoisotopic (exact) mass is 398 g/mol. The van der Waals surface area contributed by atoms with Crippen LogP contribution in [-0.4, -0.2) is 59.4 Å². The van der Waals surface area contributed by atoms with E-state index >= 15 is 0 Å². The highest BCUT2D eigenvalue weighted by molar-refractivity contribution is 5.92. The average Bonchev–Trinajstić information content (AvgIpc) is 3.45. The Labute approximate surface area is 169 Å². The second-order valence-corrected chi connectivity index (χ2v) is 7.42. The molecule has 154 valence electrons. The van der Waals surface area contributed by atoms with E-state index in [-0.39, 0.29) is 30.4 Å². The summed E-state index contributed by atoms with van der Waals surface area (Å²) in [5, 5.41) is 7.39. The fourth-order valence-corrected chi connectivity index (χ4v) is 3.79. The van der Waals surface area contributed by atoms with Crippen molar-refractivity contribution >= 4 is 17.6 Å². The highest BCUT2D eigenvalue weighted by atomic mass is 16.5. The number of hydrogen-bond donors (Lipinski definition) is 1. The van der Waals surface area contributed by atoms with Crippen LogP contribution >= 0.6 is 0 Å². The maximum absolute atomic E-state index is 12.4. The summed E-state index contributed by atoms with van der Waals surface area (Å²) in [5.74, 6) is 1.28. The minimum absolute atomic E-state index is 0.0115. The van der Waals surface area contributed by atoms with Crippen LogP contribution in [0.5, 0.6) is 5.75 Å². The Balaban J connectivity index is 1.28. The molecule has 2 aliphatic heterocycles. The average molecular weight is 398 g/mol. The fraction of sp³-hybridized carbons (Fsp3) is 0.476. The lowest BCUT2D eigenvalue weighted by Gasteiger charge is -2.32. The van der Waals surface area contributed by atoms with Crippen molar-refractivity contribution in [3.8, 4) is 5.75 Å². The smallest absolute Gasteiger partial charge is 0.260 e. The summed E-state index contributed by atoms with van der Waals surface area (Å²) in [4.78, 5) is 26.6. The van der Waals surface area contributed by atoms with Crippen LogP contribution < -0.4 is 10.1 Å². The lowest BCUT2D eigenvalue weighted by molar-refractivity contribution is -0.134. The molecule has 0 unspecified atom stereocenters. The normalized spacial score (nSPS) is 19.9. The van der Waals surface area contributed by atoms with Crippen LogP contribution in [0.3, 0.4) is 0 Å². The summed E-state index contributed by atoms with van der Waals surface area (Å²) in [7, 11) is 0. The second kappa shape index (κ2) is 9.09. The summed E-state index contributed by atoms with van der Waals surface area (Å²) in [6, 6.07) is 11.3. The van der Waals surface area contributed by atoms with E-state index in [1.54, 1.807) is 6.20 Å². The third kappa shape index (κ3) is 4.76. The molecular weight excluding hydrogens is 372 g/mol. The predicted octanol–water partition coefficient (Wildman–Crippen LogP) is 2.10. The van der Waals surface area contributed by atoms with Crippen molar-refractivity contribution in [2.75, 3.05) is 38.2 Å². The lowest BCUT2D eigenvalue weighted by atomic mass is 10.1. The summed E-state index contributed by atoms with van der Waals surface area (Å²) in [6.07, 6.45) is 4.03. The van der Waals surface area contributed by atoms with Gasteiger partial charge in [0.05, 0.1) is 24.8 Å². The number of carbonyl (C=O) groups excluding carboxylic acids is 2. The van der Waals surface area contributed by atoms with E-state index in [4.69, 9.17) is 9.47 Å². The first-order valence-electron chi connectivity index (χ1n) is 10.1. The van der Waals surface area contributed by atoms with Gasteiger partial charge in [-0.2, -0.15) is 5.10 Å². The molecule has 2 aliphatic rings. The van der Waals surface area contributed by atoms with Gasteiger partial charge in [-0.1, -0.05) is 18.2 Å². The number of nitrogens with one attached hydrogen (secondary N) is 1. The molecule has 1 aromatic heterocycles. The number of benzene rings is 1. The zero-order valence-corrected chi connectivity index (χ0v) is 16.3. The number of hydrogen-bond acceptors (Lipinski definition) is 5. The van der Waals surface area contributed by atoms with E-state index in [1.807, 2.05) is 46.0 Å². The van der Waals surface area contributed by atoms with Crippen LogP contribution in [0.15, 0.2) is 42.6 Å². The van der Waals surface area contributed by atoms with Crippen molar-refractivity contribution in [1.82, 2.24) is 14.7 Å². The Morgan fingerprint density at radius 2 is 1.93 bits per heavy atom. The van der Waals surface area contributed by atoms with Gasteiger partial charge < -0.3 is 19.7 Å². The van der Waals surface area contributed by atoms with Crippen molar-refractivity contribution in [1.29, 1.82) is 0 Å². The van der Waals surface area contributed by atoms with Crippen LogP contribution in [-0.2, 0) is 14.3 Å². The molecule has 0 saturated carbocycles. The van der Waals surface area contributed by atoms with Gasteiger partial charge >= 0.3 is 0 Å². The highest BCUT2D eigenvalue weighted by Crippen LogP contribution is 2.26. The highest BCUT2D eigenvalue weighted by Gasteiger charge is 2.28. The quantitative estimate of drug-likeness (QED) is 0.805. The Hall–Kier alpha value is -2.87. The summed E-state index contributed by atoms with van der Waals surface area (Å²) >= 11 is 0. The van der Waals surface area contributed by atoms with E-state index in [2.05, 4.69) is 10.4 Å². The molecule has 3 heterocycles. The summed E-state index contributed by atoms with van der Waals surface area (Å²) < 4.78 is 12.7. The fourth-order valence-electron chi connectivity index (χ4n) is 3.79. The van der Waals surface area contributed by atoms with E-state index in [0.29, 0.717) is 37.9 Å². The lowest BCUT2D eigenvalue weighted by Crippen LogP contribution is -2.41. The first kappa shape index (κ1) is 19.4. The van der Waals surface area contributed by atoms with Crippen molar-refractivity contribution < 1.29 is 19.1 Å². The molecule has 2 saturated heterocycles. The number of carbonyl (C=O) groups is 2. The third-order valence-electron chi connectivity index (χ3n) is 5.49. The van der Waals surface area contributed by atoms with Gasteiger partial charge in [-0.05, 0) is 31.4 Å². The molecule has 2 amide bonds. The number of anilines is 1. The number of para-hydroxylation sites is 1. The molecule has 29 heavy (non-hydrogen) atoms. The van der Waals surface area contributed by atoms with Crippen LogP contribution in [0.25, 0.3) is 0 Å². The van der Waals surface area contributed by atoms with Gasteiger partial charge in [0.1, 0.15) is 11.6 Å². The minimum atomic E-state index is -0.0950. The number of ether oxygens (including phenoxy) is 2. The largest absolute Gasteiger partial charge is 0.484 e. The van der Waals surface area contributed by atoms with Crippen LogP contribution in [0.4, 0.5) is 5.82 Å². The van der Waals surface area contributed by atoms with Crippen LogP contribution in [0.2, 0.25) is 0 Å². The molecule has 0 radical (unpaired) electrons. The number of aromatic nitrogens is 2. The molecule has 2 aromatic rings. The number of rotatable bonds is 6. The van der Waals surface area contributed by atoms with E-state index < -0.39 is 0 Å². The Morgan fingerprint density at radius 1 is 1.14 bits per heavy atom. The molecule has 0 spiro atoms. The topological polar surface area (TPSA) is 85.7 Å². The van der Waals surface area contributed by atoms with Gasteiger partial charge in [-0.3, -0.25) is 9.59 Å². The standard InChI is InChI=1S/C21H26N4O4/c26-20(15-29-18-4-2-1-3-5-18)24-11-7-17(8-12-24)25-19(6-10-22-25)23-21(27)16-9-13-28-14-16/h1-6,10,16-17H,7-9,11-15H2,(H,23,27)/t16-/m1/s1. The first-order valence-corrected chi connectivity index (χ1v) is 10.1. The zero-order chi connectivity index (χ0) is 20.1. The molecule has 1 atom stereocenters. The third-order valence-corrected chi connectivity index (χ3v) is 5.49. The van der Waals surface area contributed by atoms with Crippen molar-refractivity contribution in [2.45, 2.75) is 25.3 Å². The van der Waals surface area contributed by atoms with Gasteiger partial charge in [0.2, 0.25) is 5.91 Å². The minimum Gasteiger partial charge on any atom is -0.484 e. The number of amides is 2. The molecular formula is C21H26N4O4. The van der Waals surface area contributed by atoms with Gasteiger partial charge in [0.25, 0.3) is 5.91 Å². The van der Waals surface area contributed by atoms with Gasteiger partial charge in [-0.25, -0.2) is 4.68 Å². The van der Waals surface area contributed by atoms with Gasteiger partial charge in [0, 0.05) is 25.8 Å². The summed E-state index contributed by atoms with van der Waals surface area (Å²) in [5.41, 5.74) is 0. The second-order valence-electron chi connectivity index (χ2n) is 7.42. The SMILES string of the molecule is O=C(Nc1ccnn1C1CCN(C(=O)COc2ccccc2)CC1)[C@@H]1CCOC1. The van der Waals surface area contributed by atoms with Crippen molar-refractivity contribution in [3.05, 3.63) is 42.6 Å². The summed E-state index contributed by atoms with van der Waals surface area (Å²) in [6.45, 7) is 2.45. The molecule has 2 fully saturated rings. The Morgan fingerprint density at radius 3 is 2.66 bits per heavy atom. The van der Waals surface area contributed by atoms with E-state index in [1.165, 1.54) is 0 Å². The molecule has 0 bridgehead atoms. The van der Waals surface area contributed by atoms with E-state index in [0.717, 1.165) is 19.3 Å². The van der Waals surface area contributed by atoms with Crippen LogP contribution in [0, 0.1) is 5.92 Å². The number of piperidine rings is 1. The molecule has 4 rings (SSSR count). The van der Waals surface area contributed by atoms with Crippen LogP contribution in [0.1, 0.15) is 25.3 Å². The maximum atomic E-state index is 12.4. The Bertz CT molecular complexity index is 824. The first-order chi connectivity index (χ1) is 14.2. The molecule has 1 aromatic carbocycles. The number of likely N-dealkylation sites (tertiary alicyclic amines) is 1. The maximum Gasteiger partial charge on any atom is 0.260 e. The zero-order valence-electron chi connectivity index (χ0n) is 16.3. The molecule has 8 nitrogen and oxygen atoms in total. The van der Waals surface area contributed by atoms with Crippen molar-refractivity contribution in [3.63, 3.8) is 0 Å². The Kier molecular flexibility index (Phi) is 6.09. The molecule has 1 N–H and O–H groups in total. The molecule has 8 heteroatoms. The number of nitrogens with zero attached hydrogens (tertiary/aromatic N) is 3. The predicted molar refractivity (Wildman–Crippen MR) is 107 cm³/mol. The van der Waals surface area contributed by atoms with E-state index in [9.17, 15) is 9.59 Å². The molecule has 0 aliphatic carbocycles. The van der Waals surface area contributed by atoms with Gasteiger partial charge in [-0.15, -0.1) is 0 Å². The van der Waals surface area contributed by atoms with Crippen molar-refractivity contribution in [2.24, 2.45) is 5.92 Å². The van der Waals surface area contributed by atoms with Gasteiger partial charge in [0.15, 0.2) is 6.61 Å².